The van der Waals surface area contributed by atoms with Gasteiger partial charge in [-0.15, -0.1) is 16.8 Å². The molecule has 0 radical (unpaired) electrons. The molecule has 0 saturated heterocycles. The van der Waals surface area contributed by atoms with Gasteiger partial charge in [-0.1, -0.05) is 17.7 Å². The van der Waals surface area contributed by atoms with Crippen molar-refractivity contribution in [2.75, 3.05) is 0 Å². The molecule has 5 nitrogen and oxygen atoms in total. The quantitative estimate of drug-likeness (QED) is 0.594. The molecule has 0 unspecified atom stereocenters. The summed E-state index contributed by atoms with van der Waals surface area (Å²) in [6, 6.07) is 1.79. The summed E-state index contributed by atoms with van der Waals surface area (Å²) in [5.41, 5.74) is 0. The SMILES string of the molecule is C=CCn1c(Sc2cc(Cl)nc(C3CC3)n2)nnc1C1CC1. The topological polar surface area (TPSA) is 56.5 Å². The Morgan fingerprint density at radius 3 is 2.68 bits per heavy atom. The Morgan fingerprint density at radius 1 is 1.23 bits per heavy atom. The minimum absolute atomic E-state index is 0.478. The summed E-state index contributed by atoms with van der Waals surface area (Å²) in [7, 11) is 0. The Labute approximate surface area is 138 Å². The highest BCUT2D eigenvalue weighted by Crippen LogP contribution is 2.42. The lowest BCUT2D eigenvalue weighted by Crippen LogP contribution is -2.03. The van der Waals surface area contributed by atoms with Crippen molar-refractivity contribution in [3.63, 3.8) is 0 Å². The van der Waals surface area contributed by atoms with Gasteiger partial charge in [0.1, 0.15) is 21.8 Å². The van der Waals surface area contributed by atoms with Gasteiger partial charge in [0.05, 0.1) is 0 Å². The van der Waals surface area contributed by atoms with Crippen LogP contribution >= 0.6 is 23.4 Å². The maximum absolute atomic E-state index is 6.13. The third-order valence-electron chi connectivity index (χ3n) is 3.83. The molecular weight excluding hydrogens is 318 g/mol. The van der Waals surface area contributed by atoms with E-state index in [9.17, 15) is 0 Å². The van der Waals surface area contributed by atoms with Gasteiger partial charge < -0.3 is 4.57 Å². The first-order chi connectivity index (χ1) is 10.7. The number of nitrogens with zero attached hydrogens (tertiary/aromatic N) is 5. The smallest absolute Gasteiger partial charge is 0.197 e. The maximum atomic E-state index is 6.13. The highest BCUT2D eigenvalue weighted by atomic mass is 35.5. The molecule has 4 rings (SSSR count). The minimum Gasteiger partial charge on any atom is -0.302 e. The molecule has 0 aliphatic heterocycles. The number of rotatable bonds is 6. The van der Waals surface area contributed by atoms with Gasteiger partial charge in [0.2, 0.25) is 0 Å². The monoisotopic (exact) mass is 333 g/mol. The van der Waals surface area contributed by atoms with Crippen LogP contribution < -0.4 is 0 Å². The van der Waals surface area contributed by atoms with E-state index >= 15 is 0 Å². The molecule has 0 amide bonds. The van der Waals surface area contributed by atoms with Crippen molar-refractivity contribution in [3.8, 4) is 0 Å². The third kappa shape index (κ3) is 2.90. The normalized spacial score (nSPS) is 17.7. The molecule has 7 heteroatoms. The van der Waals surface area contributed by atoms with Crippen molar-refractivity contribution in [1.82, 2.24) is 24.7 Å². The molecule has 2 saturated carbocycles. The number of hydrogen-bond acceptors (Lipinski definition) is 5. The molecule has 0 spiro atoms. The summed E-state index contributed by atoms with van der Waals surface area (Å²) < 4.78 is 2.13. The predicted molar refractivity (Wildman–Crippen MR) is 85.3 cm³/mol. The van der Waals surface area contributed by atoms with Crippen molar-refractivity contribution in [2.45, 2.75) is 54.2 Å². The van der Waals surface area contributed by atoms with Crippen LogP contribution in [0, 0.1) is 0 Å². The molecule has 2 fully saturated rings. The fraction of sp³-hybridized carbons (Fsp3) is 0.467. The molecule has 0 bridgehead atoms. The molecule has 2 aromatic heterocycles. The molecule has 2 aromatic rings. The van der Waals surface area contributed by atoms with E-state index in [0.29, 0.717) is 17.0 Å². The van der Waals surface area contributed by atoms with Gasteiger partial charge in [0, 0.05) is 24.4 Å². The zero-order valence-electron chi connectivity index (χ0n) is 12.1. The highest BCUT2D eigenvalue weighted by Gasteiger charge is 2.31. The molecule has 0 atom stereocenters. The van der Waals surface area contributed by atoms with Gasteiger partial charge in [0.15, 0.2) is 5.16 Å². The molecule has 0 aromatic carbocycles. The van der Waals surface area contributed by atoms with Crippen LogP contribution in [0.2, 0.25) is 5.15 Å². The van der Waals surface area contributed by atoms with Crippen LogP contribution in [0.5, 0.6) is 0 Å². The fourth-order valence-corrected chi connectivity index (χ4v) is 3.51. The Morgan fingerprint density at radius 2 is 2.00 bits per heavy atom. The summed E-state index contributed by atoms with van der Waals surface area (Å²) in [5.74, 6) is 2.95. The average molecular weight is 334 g/mol. The number of hydrogen-bond donors (Lipinski definition) is 0. The van der Waals surface area contributed by atoms with E-state index in [-0.39, 0.29) is 0 Å². The molecule has 114 valence electrons. The van der Waals surface area contributed by atoms with Crippen LogP contribution in [0.3, 0.4) is 0 Å². The zero-order chi connectivity index (χ0) is 15.1. The second kappa shape index (κ2) is 5.66. The average Bonchev–Trinajstić information content (AvgIpc) is 3.39. The van der Waals surface area contributed by atoms with E-state index in [0.717, 1.165) is 41.2 Å². The van der Waals surface area contributed by atoms with Crippen molar-refractivity contribution >= 4 is 23.4 Å². The summed E-state index contributed by atoms with van der Waals surface area (Å²) in [5, 5.41) is 10.9. The highest BCUT2D eigenvalue weighted by molar-refractivity contribution is 7.99. The first-order valence-corrected chi connectivity index (χ1v) is 8.70. The van der Waals surface area contributed by atoms with E-state index in [1.807, 2.05) is 6.08 Å². The molecule has 0 N–H and O–H groups in total. The maximum Gasteiger partial charge on any atom is 0.197 e. The number of allylic oxidation sites excluding steroid dienone is 1. The molecule has 22 heavy (non-hydrogen) atoms. The van der Waals surface area contributed by atoms with Gasteiger partial charge in [-0.25, -0.2) is 9.97 Å². The van der Waals surface area contributed by atoms with Crippen LogP contribution in [-0.4, -0.2) is 24.7 Å². The summed E-state index contributed by atoms with van der Waals surface area (Å²) >= 11 is 7.63. The second-order valence-corrected chi connectivity index (χ2v) is 7.15. The van der Waals surface area contributed by atoms with Crippen LogP contribution in [0.15, 0.2) is 28.9 Å². The number of aromatic nitrogens is 5. The molecule has 2 aliphatic rings. The first kappa shape index (κ1) is 14.2. The van der Waals surface area contributed by atoms with Crippen molar-refractivity contribution in [2.24, 2.45) is 0 Å². The third-order valence-corrected chi connectivity index (χ3v) is 4.92. The van der Waals surface area contributed by atoms with E-state index < -0.39 is 0 Å². The second-order valence-electron chi connectivity index (χ2n) is 5.78. The zero-order valence-corrected chi connectivity index (χ0v) is 13.6. The van der Waals surface area contributed by atoms with Crippen LogP contribution in [-0.2, 0) is 6.54 Å². The standard InChI is InChI=1S/C15H16ClN5S/c1-2-7-21-14(10-5-6-10)19-20-15(21)22-12-8-11(16)17-13(18-12)9-3-4-9/h2,8-10H,1,3-7H2. The van der Waals surface area contributed by atoms with Crippen molar-refractivity contribution in [3.05, 3.63) is 35.5 Å². The van der Waals surface area contributed by atoms with Crippen LogP contribution in [0.4, 0.5) is 0 Å². The Balaban J connectivity index is 1.64. The largest absolute Gasteiger partial charge is 0.302 e. The summed E-state index contributed by atoms with van der Waals surface area (Å²) in [6.45, 7) is 4.55. The van der Waals surface area contributed by atoms with Crippen LogP contribution in [0.25, 0.3) is 0 Å². The lowest BCUT2D eigenvalue weighted by molar-refractivity contribution is 0.680. The Hall–Kier alpha value is -1.40. The summed E-state index contributed by atoms with van der Waals surface area (Å²) in [4.78, 5) is 8.94. The number of halogens is 1. The Kier molecular flexibility index (Phi) is 3.66. The van der Waals surface area contributed by atoms with Crippen molar-refractivity contribution in [1.29, 1.82) is 0 Å². The van der Waals surface area contributed by atoms with Crippen molar-refractivity contribution < 1.29 is 0 Å². The lowest BCUT2D eigenvalue weighted by atomic mass is 10.4. The van der Waals surface area contributed by atoms with Gasteiger partial charge in [-0.05, 0) is 37.4 Å². The predicted octanol–water partition coefficient (Wildman–Crippen LogP) is 3.81. The van der Waals surface area contributed by atoms with E-state index in [4.69, 9.17) is 11.6 Å². The Bertz CT molecular complexity index is 721. The fourth-order valence-electron chi connectivity index (χ4n) is 2.40. The summed E-state index contributed by atoms with van der Waals surface area (Å²) in [6.07, 6.45) is 6.59. The molecule has 2 aliphatic carbocycles. The van der Waals surface area contributed by atoms with Gasteiger partial charge >= 0.3 is 0 Å². The van der Waals surface area contributed by atoms with Crippen LogP contribution in [0.1, 0.15) is 49.2 Å². The molecule has 2 heterocycles. The van der Waals surface area contributed by atoms with Gasteiger partial charge in [-0.3, -0.25) is 0 Å². The lowest BCUT2D eigenvalue weighted by Gasteiger charge is -2.07. The molecular formula is C15H16ClN5S. The first-order valence-electron chi connectivity index (χ1n) is 7.51. The van der Waals surface area contributed by atoms with Gasteiger partial charge in [0.25, 0.3) is 0 Å². The van der Waals surface area contributed by atoms with E-state index in [1.54, 1.807) is 6.07 Å². The minimum atomic E-state index is 0.478. The van der Waals surface area contributed by atoms with E-state index in [2.05, 4.69) is 31.3 Å². The van der Waals surface area contributed by atoms with E-state index in [1.165, 1.54) is 24.6 Å². The van der Waals surface area contributed by atoms with Gasteiger partial charge in [-0.2, -0.15) is 0 Å².